The highest BCUT2D eigenvalue weighted by Gasteiger charge is 2.33. The molecule has 3 heterocycles. The van der Waals surface area contributed by atoms with Crippen LogP contribution in [-0.2, 0) is 31.4 Å². The second kappa shape index (κ2) is 8.32. The van der Waals surface area contributed by atoms with Crippen LogP contribution in [0.4, 0.5) is 0 Å². The van der Waals surface area contributed by atoms with Gasteiger partial charge in [0.15, 0.2) is 0 Å². The van der Waals surface area contributed by atoms with Crippen LogP contribution in [0.15, 0.2) is 4.90 Å². The van der Waals surface area contributed by atoms with Crippen LogP contribution in [0.1, 0.15) is 30.7 Å². The van der Waals surface area contributed by atoms with Gasteiger partial charge in [0.1, 0.15) is 11.4 Å². The summed E-state index contributed by atoms with van der Waals surface area (Å²) in [5.41, 5.74) is 0.846. The molecule has 0 unspecified atom stereocenters. The number of hydrogen-bond acceptors (Lipinski definition) is 6. The molecule has 0 saturated carbocycles. The molecule has 0 radical (unpaired) electrons. The lowest BCUT2D eigenvalue weighted by molar-refractivity contribution is -0.133. The molecule has 10 nitrogen and oxygen atoms in total. The number of carbonyl (C=O) groups excluding carboxylic acids is 1. The van der Waals surface area contributed by atoms with Crippen LogP contribution < -0.4 is 0 Å². The Morgan fingerprint density at radius 2 is 1.48 bits per heavy atom. The maximum absolute atomic E-state index is 13.1. The fraction of sp³-hybridized carbons (Fsp3) is 0.765. The summed E-state index contributed by atoms with van der Waals surface area (Å²) < 4.78 is 53.7. The summed E-state index contributed by atoms with van der Waals surface area (Å²) in [6.45, 7) is 5.41. The number of rotatable bonds is 5. The molecular formula is C17H29N5O5S2. The van der Waals surface area contributed by atoms with Gasteiger partial charge in [-0.05, 0) is 26.7 Å². The van der Waals surface area contributed by atoms with Crippen LogP contribution in [0.25, 0.3) is 0 Å². The third-order valence-electron chi connectivity index (χ3n) is 5.57. The number of amides is 1. The molecular weight excluding hydrogens is 418 g/mol. The monoisotopic (exact) mass is 447 g/mol. The fourth-order valence-electron chi connectivity index (χ4n) is 3.94. The van der Waals surface area contributed by atoms with E-state index in [2.05, 4.69) is 5.10 Å². The van der Waals surface area contributed by atoms with Gasteiger partial charge in [0, 0.05) is 39.3 Å². The van der Waals surface area contributed by atoms with Gasteiger partial charge in [-0.3, -0.25) is 9.48 Å². The van der Waals surface area contributed by atoms with Crippen molar-refractivity contribution in [3.63, 3.8) is 0 Å². The fourth-order valence-corrected chi connectivity index (χ4v) is 6.66. The number of nitrogens with zero attached hydrogens (tertiary/aromatic N) is 5. The maximum Gasteiger partial charge on any atom is 0.246 e. The van der Waals surface area contributed by atoms with Crippen LogP contribution in [0, 0.1) is 13.8 Å². The van der Waals surface area contributed by atoms with E-state index in [9.17, 15) is 21.6 Å². The van der Waals surface area contributed by atoms with Crippen LogP contribution >= 0.6 is 0 Å². The molecule has 0 bridgehead atoms. The molecule has 1 aromatic rings. The number of piperazine rings is 1. The predicted octanol–water partition coefficient (Wildman–Crippen LogP) is -0.222. The SMILES string of the molecule is Cc1nn(CC(=O)N2CCN(S(C)(=O)=O)CC2)c(C)c1S(=O)(=O)N1CCCCC1. The van der Waals surface area contributed by atoms with Gasteiger partial charge in [-0.1, -0.05) is 6.42 Å². The summed E-state index contributed by atoms with van der Waals surface area (Å²) in [6.07, 6.45) is 3.89. The lowest BCUT2D eigenvalue weighted by Crippen LogP contribution is -2.51. The van der Waals surface area contributed by atoms with Crippen LogP contribution in [0.5, 0.6) is 0 Å². The molecule has 0 aliphatic carbocycles. The van der Waals surface area contributed by atoms with E-state index >= 15 is 0 Å². The van der Waals surface area contributed by atoms with Crippen molar-refractivity contribution in [2.75, 3.05) is 45.5 Å². The second-order valence-electron chi connectivity index (χ2n) is 7.67. The Kier molecular flexibility index (Phi) is 6.37. The summed E-state index contributed by atoms with van der Waals surface area (Å²) >= 11 is 0. The maximum atomic E-state index is 13.1. The van der Waals surface area contributed by atoms with Crippen molar-refractivity contribution in [3.05, 3.63) is 11.4 Å². The standard InChI is InChI=1S/C17H29N5O5S2/c1-14-17(29(26,27)21-7-5-4-6-8-21)15(2)22(18-14)13-16(23)19-9-11-20(12-10-19)28(3,24)25/h4-13H2,1-3H3. The topological polar surface area (TPSA) is 113 Å². The van der Waals surface area contributed by atoms with Gasteiger partial charge in [0.05, 0.1) is 17.6 Å². The van der Waals surface area contributed by atoms with Gasteiger partial charge in [0.25, 0.3) is 0 Å². The molecule has 0 aromatic carbocycles. The van der Waals surface area contributed by atoms with Crippen molar-refractivity contribution < 1.29 is 21.6 Å². The average molecular weight is 448 g/mol. The summed E-state index contributed by atoms with van der Waals surface area (Å²) in [4.78, 5) is 14.5. The normalized spacial score (nSPS) is 20.2. The molecule has 2 aliphatic rings. The first-order valence-electron chi connectivity index (χ1n) is 9.79. The third kappa shape index (κ3) is 4.65. The summed E-state index contributed by atoms with van der Waals surface area (Å²) in [5, 5.41) is 4.32. The third-order valence-corrected chi connectivity index (χ3v) is 9.03. The number of aryl methyl sites for hydroxylation is 1. The Hall–Kier alpha value is -1.50. The van der Waals surface area contributed by atoms with Gasteiger partial charge in [-0.2, -0.15) is 13.7 Å². The molecule has 2 saturated heterocycles. The molecule has 1 aromatic heterocycles. The van der Waals surface area contributed by atoms with Crippen molar-refractivity contribution in [1.29, 1.82) is 0 Å². The van der Waals surface area contributed by atoms with Crippen molar-refractivity contribution in [2.45, 2.75) is 44.6 Å². The molecule has 3 rings (SSSR count). The Labute approximate surface area is 172 Å². The van der Waals surface area contributed by atoms with Gasteiger partial charge in [-0.25, -0.2) is 16.8 Å². The smallest absolute Gasteiger partial charge is 0.246 e. The number of sulfonamides is 2. The molecule has 2 fully saturated rings. The summed E-state index contributed by atoms with van der Waals surface area (Å²) in [7, 11) is -6.90. The highest BCUT2D eigenvalue weighted by molar-refractivity contribution is 7.89. The molecule has 164 valence electrons. The first kappa shape index (κ1) is 22.2. The van der Waals surface area contributed by atoms with Crippen LogP contribution in [-0.4, -0.2) is 91.6 Å². The second-order valence-corrected chi connectivity index (χ2v) is 11.5. The van der Waals surface area contributed by atoms with E-state index in [-0.39, 0.29) is 30.4 Å². The zero-order chi connectivity index (χ0) is 21.4. The van der Waals surface area contributed by atoms with Gasteiger partial charge >= 0.3 is 0 Å². The quantitative estimate of drug-likeness (QED) is 0.617. The van der Waals surface area contributed by atoms with Gasteiger partial charge < -0.3 is 4.90 Å². The van der Waals surface area contributed by atoms with E-state index in [0.29, 0.717) is 37.6 Å². The van der Waals surface area contributed by atoms with E-state index in [1.165, 1.54) is 13.3 Å². The minimum absolute atomic E-state index is 0.0684. The molecule has 0 spiro atoms. The number of aromatic nitrogens is 2. The molecule has 0 N–H and O–H groups in total. The lowest BCUT2D eigenvalue weighted by atomic mass is 10.2. The van der Waals surface area contributed by atoms with E-state index in [0.717, 1.165) is 25.5 Å². The Bertz CT molecular complexity index is 972. The largest absolute Gasteiger partial charge is 0.338 e. The van der Waals surface area contributed by atoms with Crippen molar-refractivity contribution in [3.8, 4) is 0 Å². The minimum Gasteiger partial charge on any atom is -0.338 e. The molecule has 29 heavy (non-hydrogen) atoms. The Morgan fingerprint density at radius 3 is 2.03 bits per heavy atom. The molecule has 2 aliphatic heterocycles. The first-order chi connectivity index (χ1) is 13.5. The molecule has 1 amide bonds. The summed E-state index contributed by atoms with van der Waals surface area (Å²) in [6, 6.07) is 0. The van der Waals surface area contributed by atoms with E-state index in [1.54, 1.807) is 18.7 Å². The Balaban J connectivity index is 1.73. The number of hydrogen-bond donors (Lipinski definition) is 0. The Morgan fingerprint density at radius 1 is 0.897 bits per heavy atom. The lowest BCUT2D eigenvalue weighted by Gasteiger charge is -2.33. The highest BCUT2D eigenvalue weighted by atomic mass is 32.2. The zero-order valence-electron chi connectivity index (χ0n) is 17.2. The average Bonchev–Trinajstić information content (AvgIpc) is 2.95. The molecule has 0 atom stereocenters. The van der Waals surface area contributed by atoms with Gasteiger partial charge in [-0.15, -0.1) is 0 Å². The number of piperidine rings is 1. The number of carbonyl (C=O) groups is 1. The van der Waals surface area contributed by atoms with Crippen molar-refractivity contribution in [1.82, 2.24) is 23.3 Å². The van der Waals surface area contributed by atoms with E-state index in [4.69, 9.17) is 0 Å². The first-order valence-corrected chi connectivity index (χ1v) is 13.1. The van der Waals surface area contributed by atoms with Crippen molar-refractivity contribution in [2.24, 2.45) is 0 Å². The van der Waals surface area contributed by atoms with Crippen LogP contribution in [0.2, 0.25) is 0 Å². The highest BCUT2D eigenvalue weighted by Crippen LogP contribution is 2.26. The van der Waals surface area contributed by atoms with E-state index in [1.807, 2.05) is 0 Å². The molecule has 12 heteroatoms. The van der Waals surface area contributed by atoms with Crippen LogP contribution in [0.3, 0.4) is 0 Å². The van der Waals surface area contributed by atoms with Crippen molar-refractivity contribution >= 4 is 26.0 Å². The minimum atomic E-state index is -3.64. The summed E-state index contributed by atoms with van der Waals surface area (Å²) in [5.74, 6) is -0.203. The predicted molar refractivity (Wildman–Crippen MR) is 107 cm³/mol. The van der Waals surface area contributed by atoms with Gasteiger partial charge in [0.2, 0.25) is 26.0 Å². The zero-order valence-corrected chi connectivity index (χ0v) is 18.8. The van der Waals surface area contributed by atoms with E-state index < -0.39 is 20.0 Å².